The van der Waals surface area contributed by atoms with Gasteiger partial charge in [-0.15, -0.1) is 0 Å². The van der Waals surface area contributed by atoms with Crippen molar-refractivity contribution in [3.05, 3.63) is 23.8 Å². The van der Waals surface area contributed by atoms with Crippen LogP contribution >= 0.6 is 0 Å². The molecule has 0 unspecified atom stereocenters. The maximum atomic E-state index is 12.7. The van der Waals surface area contributed by atoms with Gasteiger partial charge in [0.2, 0.25) is 15.9 Å². The van der Waals surface area contributed by atoms with Crippen LogP contribution in [0.2, 0.25) is 0 Å². The highest BCUT2D eigenvalue weighted by Crippen LogP contribution is 2.25. The van der Waals surface area contributed by atoms with Crippen molar-refractivity contribution in [1.82, 2.24) is 9.62 Å². The maximum Gasteiger partial charge on any atom is 0.240 e. The largest absolute Gasteiger partial charge is 0.379 e. The van der Waals surface area contributed by atoms with Gasteiger partial charge in [0, 0.05) is 37.3 Å². The molecule has 1 fully saturated rings. The van der Waals surface area contributed by atoms with E-state index in [-0.39, 0.29) is 16.3 Å². The highest BCUT2D eigenvalue weighted by molar-refractivity contribution is 7.89. The number of benzene rings is 1. The Labute approximate surface area is 148 Å². The number of amides is 1. The number of nitrogens with zero attached hydrogens (tertiary/aromatic N) is 1. The number of aryl methyl sites for hydroxylation is 1. The van der Waals surface area contributed by atoms with Crippen LogP contribution in [0.5, 0.6) is 0 Å². The van der Waals surface area contributed by atoms with E-state index in [9.17, 15) is 13.2 Å². The van der Waals surface area contributed by atoms with Crippen molar-refractivity contribution in [1.29, 1.82) is 0 Å². The normalized spacial score (nSPS) is 19.4. The third-order valence-electron chi connectivity index (χ3n) is 4.84. The molecule has 2 N–H and O–H groups in total. The summed E-state index contributed by atoms with van der Waals surface area (Å²) < 4.78 is 33.4. The number of sulfonamides is 1. The molecule has 8 heteroatoms. The van der Waals surface area contributed by atoms with Crippen LogP contribution in [-0.4, -0.2) is 57.6 Å². The number of hydrogen-bond acceptors (Lipinski definition) is 5. The summed E-state index contributed by atoms with van der Waals surface area (Å²) in [4.78, 5) is 13.9. The Morgan fingerprint density at radius 2 is 1.96 bits per heavy atom. The molecule has 7 nitrogen and oxygen atoms in total. The number of morpholine rings is 1. The molecule has 0 aromatic heterocycles. The minimum Gasteiger partial charge on any atom is -0.379 e. The molecule has 138 valence electrons. The molecule has 3 rings (SSSR count). The summed E-state index contributed by atoms with van der Waals surface area (Å²) in [6.07, 6.45) is 0.942. The average molecular weight is 367 g/mol. The molecule has 2 aliphatic rings. The first-order valence-corrected chi connectivity index (χ1v) is 10.0. The fourth-order valence-corrected chi connectivity index (χ4v) is 4.42. The van der Waals surface area contributed by atoms with Crippen LogP contribution in [0, 0.1) is 0 Å². The fourth-order valence-electron chi connectivity index (χ4n) is 3.16. The summed E-state index contributed by atoms with van der Waals surface area (Å²) in [5, 5.41) is 2.77. The number of nitrogens with one attached hydrogen (secondary N) is 2. The molecule has 1 aromatic rings. The van der Waals surface area contributed by atoms with Gasteiger partial charge in [0.15, 0.2) is 0 Å². The molecule has 0 radical (unpaired) electrons. The average Bonchev–Trinajstić information content (AvgIpc) is 2.60. The minimum absolute atomic E-state index is 0.0338. The van der Waals surface area contributed by atoms with E-state index in [1.165, 1.54) is 6.07 Å². The monoisotopic (exact) mass is 367 g/mol. The number of carbonyl (C=O) groups is 1. The number of fused-ring (bicyclic) bond motifs is 1. The standard InChI is InChI=1S/C17H25N3O4S/c1-17(2,20-7-9-24-10-8-20)12-18-25(22,23)14-4-5-15-13(11-14)3-6-16(21)19-15/h4-5,11,18H,3,6-10,12H2,1-2H3,(H,19,21). The van der Waals surface area contributed by atoms with Gasteiger partial charge < -0.3 is 10.1 Å². The molecule has 0 bridgehead atoms. The van der Waals surface area contributed by atoms with E-state index in [1.807, 2.05) is 13.8 Å². The molecule has 0 aliphatic carbocycles. The minimum atomic E-state index is -3.60. The molecular formula is C17H25N3O4S. The van der Waals surface area contributed by atoms with Crippen LogP contribution < -0.4 is 10.0 Å². The third-order valence-corrected chi connectivity index (χ3v) is 6.24. The van der Waals surface area contributed by atoms with Crippen LogP contribution in [0.25, 0.3) is 0 Å². The third kappa shape index (κ3) is 4.20. The quantitative estimate of drug-likeness (QED) is 0.809. The lowest BCUT2D eigenvalue weighted by Crippen LogP contribution is -2.55. The SMILES string of the molecule is CC(C)(CNS(=O)(=O)c1ccc2c(c1)CCC(=O)N2)N1CCOCC1. The van der Waals surface area contributed by atoms with Crippen molar-refractivity contribution in [2.45, 2.75) is 37.1 Å². The molecule has 1 saturated heterocycles. The van der Waals surface area contributed by atoms with Crippen molar-refractivity contribution < 1.29 is 17.9 Å². The highest BCUT2D eigenvalue weighted by Gasteiger charge is 2.30. The first-order chi connectivity index (χ1) is 11.8. The molecule has 2 aliphatic heterocycles. The van der Waals surface area contributed by atoms with E-state index in [4.69, 9.17) is 4.74 Å². The van der Waals surface area contributed by atoms with E-state index in [1.54, 1.807) is 12.1 Å². The summed E-state index contributed by atoms with van der Waals surface area (Å²) in [6, 6.07) is 4.85. The predicted octanol–water partition coefficient (Wildman–Crippen LogP) is 0.960. The summed E-state index contributed by atoms with van der Waals surface area (Å²) >= 11 is 0. The Morgan fingerprint density at radius 3 is 2.68 bits per heavy atom. The van der Waals surface area contributed by atoms with E-state index >= 15 is 0 Å². The lowest BCUT2D eigenvalue weighted by atomic mass is 10.0. The first-order valence-electron chi connectivity index (χ1n) is 8.53. The van der Waals surface area contributed by atoms with Crippen molar-refractivity contribution in [2.24, 2.45) is 0 Å². The lowest BCUT2D eigenvalue weighted by Gasteiger charge is -2.40. The maximum absolute atomic E-state index is 12.7. The zero-order chi connectivity index (χ0) is 18.1. The van der Waals surface area contributed by atoms with Gasteiger partial charge >= 0.3 is 0 Å². The number of rotatable bonds is 5. The molecular weight excluding hydrogens is 342 g/mol. The van der Waals surface area contributed by atoms with Gasteiger partial charge in [-0.25, -0.2) is 13.1 Å². The molecule has 0 spiro atoms. The number of ether oxygens (including phenoxy) is 1. The van der Waals surface area contributed by atoms with Gasteiger partial charge in [-0.05, 0) is 44.0 Å². The van der Waals surface area contributed by atoms with Gasteiger partial charge in [0.05, 0.1) is 18.1 Å². The summed E-state index contributed by atoms with van der Waals surface area (Å²) in [7, 11) is -3.60. The first kappa shape index (κ1) is 18.3. The van der Waals surface area contributed by atoms with Gasteiger partial charge in [0.25, 0.3) is 0 Å². The summed E-state index contributed by atoms with van der Waals surface area (Å²) in [5.74, 6) is -0.0338. The van der Waals surface area contributed by atoms with Crippen LogP contribution in [0.3, 0.4) is 0 Å². The van der Waals surface area contributed by atoms with E-state index < -0.39 is 10.0 Å². The highest BCUT2D eigenvalue weighted by atomic mass is 32.2. The Kier molecular flexibility index (Phi) is 5.15. The molecule has 1 aromatic carbocycles. The number of anilines is 1. The van der Waals surface area contributed by atoms with E-state index in [2.05, 4.69) is 14.9 Å². The Hall–Kier alpha value is -1.48. The molecule has 1 amide bonds. The van der Waals surface area contributed by atoms with E-state index in [0.717, 1.165) is 18.7 Å². The van der Waals surface area contributed by atoms with Crippen LogP contribution in [-0.2, 0) is 26.0 Å². The van der Waals surface area contributed by atoms with Crippen LogP contribution in [0.1, 0.15) is 25.8 Å². The zero-order valence-electron chi connectivity index (χ0n) is 14.7. The zero-order valence-corrected chi connectivity index (χ0v) is 15.5. The van der Waals surface area contributed by atoms with Crippen LogP contribution in [0.15, 0.2) is 23.1 Å². The van der Waals surface area contributed by atoms with Gasteiger partial charge in [-0.3, -0.25) is 9.69 Å². The Balaban J connectivity index is 1.70. The number of hydrogen-bond donors (Lipinski definition) is 2. The van der Waals surface area contributed by atoms with E-state index in [0.29, 0.717) is 38.3 Å². The van der Waals surface area contributed by atoms with Crippen LogP contribution in [0.4, 0.5) is 5.69 Å². The van der Waals surface area contributed by atoms with Crippen molar-refractivity contribution in [2.75, 3.05) is 38.2 Å². The predicted molar refractivity (Wildman–Crippen MR) is 95.1 cm³/mol. The van der Waals surface area contributed by atoms with Crippen molar-refractivity contribution in [3.8, 4) is 0 Å². The van der Waals surface area contributed by atoms with Gasteiger partial charge in [0.1, 0.15) is 0 Å². The topological polar surface area (TPSA) is 87.7 Å². The second kappa shape index (κ2) is 7.03. The second-order valence-corrected chi connectivity index (χ2v) is 8.87. The van der Waals surface area contributed by atoms with Crippen molar-refractivity contribution >= 4 is 21.6 Å². The van der Waals surface area contributed by atoms with Crippen molar-refractivity contribution in [3.63, 3.8) is 0 Å². The smallest absolute Gasteiger partial charge is 0.240 e. The van der Waals surface area contributed by atoms with Gasteiger partial charge in [-0.1, -0.05) is 0 Å². The second-order valence-electron chi connectivity index (χ2n) is 7.10. The lowest BCUT2D eigenvalue weighted by molar-refractivity contribution is -0.116. The molecule has 25 heavy (non-hydrogen) atoms. The molecule has 0 saturated carbocycles. The Bertz CT molecular complexity index is 755. The summed E-state index contributed by atoms with van der Waals surface area (Å²) in [6.45, 7) is 7.33. The number of carbonyl (C=O) groups excluding carboxylic acids is 1. The molecule has 2 heterocycles. The van der Waals surface area contributed by atoms with Gasteiger partial charge in [-0.2, -0.15) is 0 Å². The fraction of sp³-hybridized carbons (Fsp3) is 0.588. The Morgan fingerprint density at radius 1 is 1.24 bits per heavy atom. The summed E-state index contributed by atoms with van der Waals surface area (Å²) in [5.41, 5.74) is 1.26. The molecule has 0 atom stereocenters.